The lowest BCUT2D eigenvalue weighted by atomic mass is 10.1. The van der Waals surface area contributed by atoms with E-state index in [0.717, 1.165) is 54.0 Å². The average molecular weight is 464 g/mol. The van der Waals surface area contributed by atoms with Crippen molar-refractivity contribution in [3.05, 3.63) is 64.1 Å². The molecule has 2 aromatic rings. The largest absolute Gasteiger partial charge is 0.294 e. The highest BCUT2D eigenvalue weighted by Gasteiger charge is 2.43. The van der Waals surface area contributed by atoms with Crippen molar-refractivity contribution in [2.24, 2.45) is 0 Å². The van der Waals surface area contributed by atoms with Crippen LogP contribution in [0.2, 0.25) is 0 Å². The van der Waals surface area contributed by atoms with Gasteiger partial charge in [0.2, 0.25) is 0 Å². The average Bonchev–Trinajstić information content (AvgIpc) is 3.22. The predicted molar refractivity (Wildman–Crippen MR) is 135 cm³/mol. The minimum atomic E-state index is -0.218. The Bertz CT molecular complexity index is 1170. The summed E-state index contributed by atoms with van der Waals surface area (Å²) in [4.78, 5) is 33.4. The van der Waals surface area contributed by atoms with Gasteiger partial charge in [0, 0.05) is 5.56 Å². The molecule has 0 N–H and O–H groups in total. The van der Waals surface area contributed by atoms with Crippen molar-refractivity contribution in [3.63, 3.8) is 0 Å². The van der Waals surface area contributed by atoms with E-state index in [1.807, 2.05) is 61.2 Å². The number of benzene rings is 2. The van der Waals surface area contributed by atoms with E-state index in [-0.39, 0.29) is 11.8 Å². The lowest BCUT2D eigenvalue weighted by Crippen LogP contribution is -2.42. The lowest BCUT2D eigenvalue weighted by molar-refractivity contribution is -0.115. The predicted octanol–water partition coefficient (Wildman–Crippen LogP) is 4.87. The molecule has 3 heterocycles. The highest BCUT2D eigenvalue weighted by atomic mass is 32.2. The summed E-state index contributed by atoms with van der Waals surface area (Å²) in [6.45, 7) is 6.54. The molecule has 0 saturated carbocycles. The third kappa shape index (κ3) is 3.58. The summed E-state index contributed by atoms with van der Waals surface area (Å²) in [5.41, 5.74) is 5.05. The molecule has 3 aliphatic heterocycles. The molecule has 0 bridgehead atoms. The Labute approximate surface area is 198 Å². The van der Waals surface area contributed by atoms with E-state index in [1.165, 1.54) is 18.2 Å². The highest BCUT2D eigenvalue weighted by molar-refractivity contribution is 8.27. The summed E-state index contributed by atoms with van der Waals surface area (Å²) < 4.78 is 0.462. The number of thiocarbonyl (C=S) groups is 1. The fourth-order valence-electron chi connectivity index (χ4n) is 4.72. The number of amides is 2. The van der Waals surface area contributed by atoms with Crippen molar-refractivity contribution in [2.75, 3.05) is 29.6 Å². The second kappa shape index (κ2) is 8.46. The van der Waals surface area contributed by atoms with Gasteiger partial charge in [-0.3, -0.25) is 24.3 Å². The number of nitrogens with zero attached hydrogens (tertiary/aromatic N) is 3. The molecule has 7 heteroatoms. The van der Waals surface area contributed by atoms with Crippen LogP contribution >= 0.6 is 24.0 Å². The molecular weight excluding hydrogens is 438 g/mol. The van der Waals surface area contributed by atoms with Crippen LogP contribution in [0.4, 0.5) is 11.4 Å². The monoisotopic (exact) mass is 463 g/mol. The molecule has 0 aromatic heterocycles. The van der Waals surface area contributed by atoms with Crippen LogP contribution in [0.1, 0.15) is 36.0 Å². The zero-order valence-electron chi connectivity index (χ0n) is 18.3. The summed E-state index contributed by atoms with van der Waals surface area (Å²) in [7, 11) is 0. The minimum absolute atomic E-state index is 0.113. The number of piperidine rings is 1. The van der Waals surface area contributed by atoms with Crippen LogP contribution in [0.15, 0.2) is 47.4 Å². The topological polar surface area (TPSA) is 43.9 Å². The number of carbonyl (C=O) groups excluding carboxylic acids is 2. The molecule has 2 saturated heterocycles. The van der Waals surface area contributed by atoms with Crippen LogP contribution in [-0.2, 0) is 9.59 Å². The van der Waals surface area contributed by atoms with Crippen molar-refractivity contribution in [3.8, 4) is 0 Å². The maximum absolute atomic E-state index is 13.6. The highest BCUT2D eigenvalue weighted by Crippen LogP contribution is 2.46. The zero-order chi connectivity index (χ0) is 22.4. The molecule has 164 valence electrons. The number of hydrogen-bond acceptors (Lipinski definition) is 5. The molecule has 0 spiro atoms. The first-order valence-electron chi connectivity index (χ1n) is 11.0. The van der Waals surface area contributed by atoms with Gasteiger partial charge in [-0.15, -0.1) is 0 Å². The molecule has 0 aliphatic carbocycles. The van der Waals surface area contributed by atoms with Crippen molar-refractivity contribution < 1.29 is 9.59 Å². The van der Waals surface area contributed by atoms with Crippen LogP contribution in [-0.4, -0.2) is 40.8 Å². The third-order valence-corrected chi connectivity index (χ3v) is 7.68. The Morgan fingerprint density at radius 1 is 0.938 bits per heavy atom. The number of fused-ring (bicyclic) bond motifs is 1. The quantitative estimate of drug-likeness (QED) is 0.480. The molecule has 0 unspecified atom stereocenters. The molecule has 2 aromatic carbocycles. The number of aryl methyl sites for hydroxylation is 2. The molecule has 5 rings (SSSR count). The molecule has 0 radical (unpaired) electrons. The number of para-hydroxylation sites is 1. The van der Waals surface area contributed by atoms with E-state index < -0.39 is 0 Å². The van der Waals surface area contributed by atoms with Crippen molar-refractivity contribution in [1.29, 1.82) is 0 Å². The van der Waals surface area contributed by atoms with E-state index in [2.05, 4.69) is 4.90 Å². The van der Waals surface area contributed by atoms with Crippen LogP contribution in [0.3, 0.4) is 0 Å². The SMILES string of the molecule is Cc1ccc(N2C(=O)/C(=C3/C(=O)N(CN4CCCCC4)c4ccccc43)SC2=S)c(C)c1. The van der Waals surface area contributed by atoms with Crippen LogP contribution in [0, 0.1) is 13.8 Å². The van der Waals surface area contributed by atoms with E-state index in [1.54, 1.807) is 4.90 Å². The van der Waals surface area contributed by atoms with Crippen LogP contribution in [0.25, 0.3) is 5.57 Å². The number of rotatable bonds is 3. The van der Waals surface area contributed by atoms with Gasteiger partial charge in [-0.2, -0.15) is 0 Å². The van der Waals surface area contributed by atoms with E-state index in [0.29, 0.717) is 21.5 Å². The Hall–Kier alpha value is -2.48. The maximum Gasteiger partial charge on any atom is 0.271 e. The zero-order valence-corrected chi connectivity index (χ0v) is 19.9. The molecule has 2 fully saturated rings. The van der Waals surface area contributed by atoms with Gasteiger partial charge in [-0.25, -0.2) is 0 Å². The Morgan fingerprint density at radius 2 is 1.69 bits per heavy atom. The van der Waals surface area contributed by atoms with Gasteiger partial charge in [0.1, 0.15) is 0 Å². The molecule has 0 atom stereocenters. The molecule has 5 nitrogen and oxygen atoms in total. The van der Waals surface area contributed by atoms with E-state index in [9.17, 15) is 9.59 Å². The Morgan fingerprint density at radius 3 is 2.44 bits per heavy atom. The summed E-state index contributed by atoms with van der Waals surface area (Å²) in [6.07, 6.45) is 3.56. The smallest absolute Gasteiger partial charge is 0.271 e. The van der Waals surface area contributed by atoms with Crippen LogP contribution < -0.4 is 9.80 Å². The lowest BCUT2D eigenvalue weighted by Gasteiger charge is -2.30. The van der Waals surface area contributed by atoms with Gasteiger partial charge in [0.25, 0.3) is 11.8 Å². The van der Waals surface area contributed by atoms with Gasteiger partial charge in [-0.05, 0) is 57.5 Å². The first-order valence-corrected chi connectivity index (χ1v) is 12.2. The summed E-state index contributed by atoms with van der Waals surface area (Å²) in [5.74, 6) is -0.331. The Balaban J connectivity index is 1.54. The van der Waals surface area contributed by atoms with Crippen molar-refractivity contribution in [1.82, 2.24) is 4.90 Å². The maximum atomic E-state index is 13.6. The Kier molecular flexibility index (Phi) is 5.65. The second-order valence-corrected chi connectivity index (χ2v) is 10.2. The van der Waals surface area contributed by atoms with Crippen molar-refractivity contribution in [2.45, 2.75) is 33.1 Å². The fourth-order valence-corrected chi connectivity index (χ4v) is 6.08. The number of anilines is 2. The normalized spacial score (nSPS) is 21.6. The third-order valence-electron chi connectivity index (χ3n) is 6.30. The standard InChI is InChI=1S/C25H25N3O2S2/c1-16-10-11-19(17(2)14-16)28-24(30)22(32-25(28)31)21-18-8-4-5-9-20(18)27(23(21)29)15-26-12-6-3-7-13-26/h4-5,8-11,14H,3,6-7,12-13,15H2,1-2H3/b22-21-. The van der Waals surface area contributed by atoms with E-state index in [4.69, 9.17) is 12.2 Å². The van der Waals surface area contributed by atoms with Gasteiger partial charge >= 0.3 is 0 Å². The summed E-state index contributed by atoms with van der Waals surface area (Å²) in [6, 6.07) is 13.7. The first kappa shape index (κ1) is 21.4. The van der Waals surface area contributed by atoms with Gasteiger partial charge in [0.15, 0.2) is 4.32 Å². The van der Waals surface area contributed by atoms with E-state index >= 15 is 0 Å². The summed E-state index contributed by atoms with van der Waals surface area (Å²) >= 11 is 6.83. The molecule has 2 amide bonds. The molecule has 3 aliphatic rings. The second-order valence-electron chi connectivity index (χ2n) is 8.57. The number of thioether (sulfide) groups is 1. The number of likely N-dealkylation sites (tertiary alicyclic amines) is 1. The summed E-state index contributed by atoms with van der Waals surface area (Å²) in [5, 5.41) is 0. The van der Waals surface area contributed by atoms with Gasteiger partial charge in [-0.1, -0.05) is 66.3 Å². The number of carbonyl (C=O) groups is 2. The molecule has 32 heavy (non-hydrogen) atoms. The number of hydrogen-bond donors (Lipinski definition) is 0. The van der Waals surface area contributed by atoms with Gasteiger partial charge < -0.3 is 0 Å². The first-order chi connectivity index (χ1) is 15.5. The van der Waals surface area contributed by atoms with Crippen LogP contribution in [0.5, 0.6) is 0 Å². The van der Waals surface area contributed by atoms with Gasteiger partial charge in [0.05, 0.1) is 28.5 Å². The fraction of sp³-hybridized carbons (Fsp3) is 0.320. The molecular formula is C25H25N3O2S2. The minimum Gasteiger partial charge on any atom is -0.294 e. The van der Waals surface area contributed by atoms with Crippen molar-refractivity contribution >= 4 is 57.1 Å².